The number of benzene rings is 9. The first-order chi connectivity index (χ1) is 24.3. The Morgan fingerprint density at radius 2 is 0.837 bits per heavy atom. The van der Waals surface area contributed by atoms with Crippen molar-refractivity contribution in [2.75, 3.05) is 0 Å². The molecule has 1 heterocycles. The van der Waals surface area contributed by atoms with E-state index in [4.69, 9.17) is 4.42 Å². The third-order valence-corrected chi connectivity index (χ3v) is 10.1. The molecule has 0 saturated heterocycles. The maximum atomic E-state index is 6.21. The highest BCUT2D eigenvalue weighted by Crippen LogP contribution is 2.46. The van der Waals surface area contributed by atoms with Gasteiger partial charge in [0, 0.05) is 10.8 Å². The highest BCUT2D eigenvalue weighted by atomic mass is 16.3. The standard InChI is InChI=1S/C48H30O/c1-2-12-31(13-3-1)35-29-26-32-14-10-21-41(43(32)30-35)47-39-17-6-4-15-37(39)46(38-16-5-7-18-40(38)47)34-27-24-33(25-28-34)36-20-11-23-45-48(36)42-19-8-9-22-44(42)49-45/h1-30H. The predicted octanol–water partition coefficient (Wildman–Crippen LogP) is 13.7. The molecule has 0 bridgehead atoms. The van der Waals surface area contributed by atoms with E-state index in [9.17, 15) is 0 Å². The van der Waals surface area contributed by atoms with Crippen LogP contribution in [0, 0.1) is 0 Å². The van der Waals surface area contributed by atoms with Gasteiger partial charge in [-0.25, -0.2) is 0 Å². The molecule has 0 spiro atoms. The predicted molar refractivity (Wildman–Crippen MR) is 208 cm³/mol. The van der Waals surface area contributed by atoms with Gasteiger partial charge in [-0.1, -0.05) is 164 Å². The SMILES string of the molecule is c1ccc(-c2ccc3cccc(-c4c5ccccc5c(-c5ccc(-c6cccc7oc8ccccc8c67)cc5)c5ccccc45)c3c2)cc1. The van der Waals surface area contributed by atoms with Crippen LogP contribution in [0.5, 0.6) is 0 Å². The minimum absolute atomic E-state index is 0.916. The first-order valence-corrected chi connectivity index (χ1v) is 16.8. The zero-order chi connectivity index (χ0) is 32.3. The van der Waals surface area contributed by atoms with E-state index < -0.39 is 0 Å². The van der Waals surface area contributed by atoms with Gasteiger partial charge in [0.15, 0.2) is 0 Å². The topological polar surface area (TPSA) is 13.1 Å². The molecule has 0 unspecified atom stereocenters. The van der Waals surface area contributed by atoms with E-state index in [-0.39, 0.29) is 0 Å². The Bertz CT molecular complexity index is 2800. The fraction of sp³-hybridized carbons (Fsp3) is 0. The van der Waals surface area contributed by atoms with Crippen molar-refractivity contribution in [3.8, 4) is 44.5 Å². The van der Waals surface area contributed by atoms with E-state index >= 15 is 0 Å². The van der Waals surface area contributed by atoms with Crippen LogP contribution in [0.4, 0.5) is 0 Å². The van der Waals surface area contributed by atoms with E-state index in [1.165, 1.54) is 76.8 Å². The first-order valence-electron chi connectivity index (χ1n) is 16.8. The second-order valence-electron chi connectivity index (χ2n) is 12.8. The van der Waals surface area contributed by atoms with Crippen molar-refractivity contribution in [2.45, 2.75) is 0 Å². The zero-order valence-corrected chi connectivity index (χ0v) is 26.7. The Morgan fingerprint density at radius 3 is 1.57 bits per heavy atom. The van der Waals surface area contributed by atoms with Crippen LogP contribution >= 0.6 is 0 Å². The number of rotatable bonds is 4. The van der Waals surface area contributed by atoms with Crippen molar-refractivity contribution >= 4 is 54.3 Å². The van der Waals surface area contributed by atoms with Gasteiger partial charge in [0.1, 0.15) is 11.2 Å². The molecule has 0 aliphatic heterocycles. The molecule has 1 aromatic heterocycles. The van der Waals surface area contributed by atoms with Crippen molar-refractivity contribution < 1.29 is 4.42 Å². The molecule has 228 valence electrons. The molecule has 0 saturated carbocycles. The minimum Gasteiger partial charge on any atom is -0.456 e. The smallest absolute Gasteiger partial charge is 0.136 e. The molecule has 1 nitrogen and oxygen atoms in total. The molecular weight excluding hydrogens is 593 g/mol. The van der Waals surface area contributed by atoms with Crippen LogP contribution in [-0.4, -0.2) is 0 Å². The molecule has 0 aliphatic carbocycles. The highest BCUT2D eigenvalue weighted by molar-refractivity contribution is 6.23. The van der Waals surface area contributed by atoms with Crippen molar-refractivity contribution in [2.24, 2.45) is 0 Å². The second-order valence-corrected chi connectivity index (χ2v) is 12.8. The number of hydrogen-bond donors (Lipinski definition) is 0. The fourth-order valence-electron chi connectivity index (χ4n) is 7.86. The van der Waals surface area contributed by atoms with Gasteiger partial charge in [-0.05, 0) is 95.0 Å². The van der Waals surface area contributed by atoms with Crippen LogP contribution in [0.2, 0.25) is 0 Å². The van der Waals surface area contributed by atoms with E-state index in [0.29, 0.717) is 0 Å². The van der Waals surface area contributed by atoms with Gasteiger partial charge in [-0.3, -0.25) is 0 Å². The van der Waals surface area contributed by atoms with Crippen LogP contribution < -0.4 is 0 Å². The quantitative estimate of drug-likeness (QED) is 0.178. The molecule has 0 N–H and O–H groups in total. The van der Waals surface area contributed by atoms with Crippen molar-refractivity contribution in [1.82, 2.24) is 0 Å². The summed E-state index contributed by atoms with van der Waals surface area (Å²) in [7, 11) is 0. The summed E-state index contributed by atoms with van der Waals surface area (Å²) in [4.78, 5) is 0. The third kappa shape index (κ3) is 4.40. The molecule has 1 heteroatoms. The van der Waals surface area contributed by atoms with E-state index in [1.807, 2.05) is 12.1 Å². The fourth-order valence-corrected chi connectivity index (χ4v) is 7.86. The van der Waals surface area contributed by atoms with Crippen LogP contribution in [0.15, 0.2) is 186 Å². The number of furan rings is 1. The summed E-state index contributed by atoms with van der Waals surface area (Å²) >= 11 is 0. The van der Waals surface area contributed by atoms with Crippen LogP contribution in [0.1, 0.15) is 0 Å². The maximum Gasteiger partial charge on any atom is 0.136 e. The largest absolute Gasteiger partial charge is 0.456 e. The van der Waals surface area contributed by atoms with Crippen molar-refractivity contribution in [1.29, 1.82) is 0 Å². The Kier molecular flexibility index (Phi) is 6.25. The second kappa shape index (κ2) is 11.1. The lowest BCUT2D eigenvalue weighted by molar-refractivity contribution is 0.669. The van der Waals surface area contributed by atoms with E-state index in [1.54, 1.807) is 0 Å². The van der Waals surface area contributed by atoms with Crippen molar-refractivity contribution in [3.05, 3.63) is 182 Å². The zero-order valence-electron chi connectivity index (χ0n) is 26.7. The van der Waals surface area contributed by atoms with Gasteiger partial charge >= 0.3 is 0 Å². The van der Waals surface area contributed by atoms with Gasteiger partial charge in [0.25, 0.3) is 0 Å². The summed E-state index contributed by atoms with van der Waals surface area (Å²) < 4.78 is 6.21. The van der Waals surface area contributed by atoms with Gasteiger partial charge in [-0.2, -0.15) is 0 Å². The summed E-state index contributed by atoms with van der Waals surface area (Å²) in [6.45, 7) is 0. The summed E-state index contributed by atoms with van der Waals surface area (Å²) in [5, 5.41) is 9.83. The Morgan fingerprint density at radius 1 is 0.286 bits per heavy atom. The minimum atomic E-state index is 0.916. The lowest BCUT2D eigenvalue weighted by Crippen LogP contribution is -1.92. The normalized spacial score (nSPS) is 11.7. The monoisotopic (exact) mass is 622 g/mol. The van der Waals surface area contributed by atoms with Crippen LogP contribution in [0.25, 0.3) is 98.8 Å². The summed E-state index contributed by atoms with van der Waals surface area (Å²) in [6.07, 6.45) is 0. The molecule has 0 aliphatic rings. The summed E-state index contributed by atoms with van der Waals surface area (Å²) in [5.41, 5.74) is 11.7. The number of fused-ring (bicyclic) bond motifs is 6. The van der Waals surface area contributed by atoms with Crippen LogP contribution in [0.3, 0.4) is 0 Å². The average molecular weight is 623 g/mol. The van der Waals surface area contributed by atoms with Gasteiger partial charge in [0.2, 0.25) is 0 Å². The van der Waals surface area contributed by atoms with Gasteiger partial charge in [0.05, 0.1) is 0 Å². The molecule has 0 amide bonds. The molecule has 0 radical (unpaired) electrons. The number of hydrogen-bond acceptors (Lipinski definition) is 1. The lowest BCUT2D eigenvalue weighted by atomic mass is 9.84. The van der Waals surface area contributed by atoms with Gasteiger partial charge < -0.3 is 4.42 Å². The van der Waals surface area contributed by atoms with Crippen molar-refractivity contribution in [3.63, 3.8) is 0 Å². The first kappa shape index (κ1) is 27.7. The Balaban J connectivity index is 1.19. The maximum absolute atomic E-state index is 6.21. The molecule has 0 fully saturated rings. The average Bonchev–Trinajstić information content (AvgIpc) is 3.56. The van der Waals surface area contributed by atoms with Gasteiger partial charge in [-0.15, -0.1) is 0 Å². The Hall–Kier alpha value is -6.44. The number of para-hydroxylation sites is 1. The Labute approximate surface area is 284 Å². The summed E-state index contributed by atoms with van der Waals surface area (Å²) in [6, 6.07) is 65.8. The highest BCUT2D eigenvalue weighted by Gasteiger charge is 2.19. The lowest BCUT2D eigenvalue weighted by Gasteiger charge is -2.19. The van der Waals surface area contributed by atoms with E-state index in [0.717, 1.165) is 21.9 Å². The molecule has 10 rings (SSSR count). The summed E-state index contributed by atoms with van der Waals surface area (Å²) in [5.74, 6) is 0. The van der Waals surface area contributed by atoms with E-state index in [2.05, 4.69) is 170 Å². The third-order valence-electron chi connectivity index (χ3n) is 10.1. The molecule has 9 aromatic carbocycles. The van der Waals surface area contributed by atoms with Crippen LogP contribution in [-0.2, 0) is 0 Å². The molecule has 0 atom stereocenters. The molecule has 49 heavy (non-hydrogen) atoms. The molecule has 10 aromatic rings. The molecular formula is C48H30O.